The molecule has 1 aromatic rings. The molecule has 0 aliphatic carbocycles. The number of amides is 1. The van der Waals surface area contributed by atoms with Gasteiger partial charge in [0.15, 0.2) is 5.96 Å². The first-order valence-corrected chi connectivity index (χ1v) is 11.5. The molecule has 2 atom stereocenters. The normalized spacial score (nSPS) is 12.0. The maximum absolute atomic E-state index is 12.4. The molecule has 0 heterocycles. The third kappa shape index (κ3) is 17.6. The Kier molecular flexibility index (Phi) is 20.3. The van der Waals surface area contributed by atoms with E-state index in [-0.39, 0.29) is 25.2 Å². The molecule has 0 bridgehead atoms. The molecular weight excluding hydrogens is 454 g/mol. The molecule has 0 aliphatic heterocycles. The average Bonchev–Trinajstić information content (AvgIpc) is 2.84. The van der Waals surface area contributed by atoms with Crippen molar-refractivity contribution in [1.82, 2.24) is 15.5 Å². The van der Waals surface area contributed by atoms with Gasteiger partial charge in [-0.15, -0.1) is 0 Å². The molecule has 1 rings (SSSR count). The first kappa shape index (κ1) is 33.7. The summed E-state index contributed by atoms with van der Waals surface area (Å²) < 4.78 is 0. The first-order chi connectivity index (χ1) is 16.6. The number of nitrogens with zero attached hydrogens (tertiary/aromatic N) is 2. The van der Waals surface area contributed by atoms with E-state index in [2.05, 4.69) is 15.6 Å². The van der Waals surface area contributed by atoms with E-state index in [0.717, 1.165) is 5.56 Å². The summed E-state index contributed by atoms with van der Waals surface area (Å²) >= 11 is 0. The molecule has 0 aliphatic rings. The minimum absolute atomic E-state index is 0.0521. The van der Waals surface area contributed by atoms with Crippen molar-refractivity contribution in [3.8, 4) is 0 Å². The van der Waals surface area contributed by atoms with Gasteiger partial charge in [0.2, 0.25) is 5.91 Å². The highest BCUT2D eigenvalue weighted by molar-refractivity contribution is 5.87. The van der Waals surface area contributed by atoms with Crippen LogP contribution in [0, 0.1) is 0 Å². The molecule has 11 nitrogen and oxygen atoms in total. The monoisotopic (exact) mass is 495 g/mol. The van der Waals surface area contributed by atoms with Gasteiger partial charge in [-0.25, -0.2) is 4.79 Å². The van der Waals surface area contributed by atoms with Crippen LogP contribution < -0.4 is 16.4 Å². The fourth-order valence-electron chi connectivity index (χ4n) is 2.54. The van der Waals surface area contributed by atoms with Gasteiger partial charge in [-0.3, -0.25) is 14.6 Å². The van der Waals surface area contributed by atoms with E-state index in [1.807, 2.05) is 58.3 Å². The molecule has 11 heteroatoms. The number of rotatable bonds is 13. The summed E-state index contributed by atoms with van der Waals surface area (Å²) in [7, 11) is 5.29. The Labute approximate surface area is 207 Å². The zero-order valence-corrected chi connectivity index (χ0v) is 21.4. The first-order valence-electron chi connectivity index (χ1n) is 11.5. The highest BCUT2D eigenvalue weighted by atomic mass is 16.4. The minimum atomic E-state index is -1.06. The molecular formula is C24H41N5O6. The summed E-state index contributed by atoms with van der Waals surface area (Å²) in [5.74, 6) is -1.88. The fraction of sp³-hybridized carbons (Fsp3) is 0.542. The topological polar surface area (TPSA) is 174 Å². The Morgan fingerprint density at radius 2 is 1.71 bits per heavy atom. The van der Waals surface area contributed by atoms with E-state index in [0.29, 0.717) is 31.6 Å². The van der Waals surface area contributed by atoms with Gasteiger partial charge in [0.1, 0.15) is 12.3 Å². The maximum Gasteiger partial charge on any atom is 0.326 e. The van der Waals surface area contributed by atoms with Crippen LogP contribution in [0.4, 0.5) is 0 Å². The molecule has 0 saturated heterocycles. The standard InChI is InChI=1S/C18H29N5O3.C4H6O3.C2H6/c1-20-14(10-7-11-21-18(19)23(2)3)16(24)22-15(17(25)26)12-13-8-5-4-6-9-13;5-3-1-2-4(6)7;1-2/h4-6,8-9,14-15,20H,7,10-12H2,1-3H3,(H2,19,21)(H,22,24)(H,25,26);3H,1-2H2,(H,6,7);1-2H3. The quantitative estimate of drug-likeness (QED) is 0.116. The zero-order chi connectivity index (χ0) is 27.2. The number of carboxylic acids is 2. The number of benzene rings is 1. The van der Waals surface area contributed by atoms with Crippen molar-refractivity contribution in [2.75, 3.05) is 27.7 Å². The van der Waals surface area contributed by atoms with E-state index in [4.69, 9.17) is 10.8 Å². The Hall–Kier alpha value is -3.47. The minimum Gasteiger partial charge on any atom is -0.481 e. The summed E-state index contributed by atoms with van der Waals surface area (Å²) in [6, 6.07) is 7.76. The SMILES string of the molecule is CC.CNC(CCCN=C(N)N(C)C)C(=O)NC(Cc1ccccc1)C(=O)O.O=CCCC(=O)O. The number of nitrogens with one attached hydrogen (secondary N) is 2. The lowest BCUT2D eigenvalue weighted by atomic mass is 10.0. The second-order valence-electron chi connectivity index (χ2n) is 7.31. The van der Waals surface area contributed by atoms with Crippen LogP contribution in [-0.2, 0) is 25.6 Å². The number of aldehydes is 1. The summed E-state index contributed by atoms with van der Waals surface area (Å²) in [6.45, 7) is 4.50. The molecule has 0 radical (unpaired) electrons. The molecule has 35 heavy (non-hydrogen) atoms. The number of carbonyl (C=O) groups is 4. The van der Waals surface area contributed by atoms with E-state index >= 15 is 0 Å². The van der Waals surface area contributed by atoms with Crippen LogP contribution in [0.2, 0.25) is 0 Å². The van der Waals surface area contributed by atoms with Gasteiger partial charge in [-0.1, -0.05) is 44.2 Å². The van der Waals surface area contributed by atoms with Crippen LogP contribution >= 0.6 is 0 Å². The average molecular weight is 496 g/mol. The van der Waals surface area contributed by atoms with Gasteiger partial charge >= 0.3 is 11.9 Å². The number of carbonyl (C=O) groups excluding carboxylic acids is 2. The molecule has 1 amide bonds. The van der Waals surface area contributed by atoms with Crippen molar-refractivity contribution < 1.29 is 29.4 Å². The van der Waals surface area contributed by atoms with Gasteiger partial charge in [0, 0.05) is 33.5 Å². The smallest absolute Gasteiger partial charge is 0.326 e. The van der Waals surface area contributed by atoms with Crippen LogP contribution in [0.5, 0.6) is 0 Å². The highest BCUT2D eigenvalue weighted by Gasteiger charge is 2.24. The molecule has 0 fully saturated rings. The van der Waals surface area contributed by atoms with Crippen LogP contribution in [0.25, 0.3) is 0 Å². The Bertz CT molecular complexity index is 771. The van der Waals surface area contributed by atoms with Crippen molar-refractivity contribution in [2.24, 2.45) is 10.7 Å². The number of aliphatic imine (C=N–C) groups is 1. The lowest BCUT2D eigenvalue weighted by Gasteiger charge is -2.20. The van der Waals surface area contributed by atoms with Gasteiger partial charge in [-0.2, -0.15) is 0 Å². The van der Waals surface area contributed by atoms with E-state index in [1.54, 1.807) is 11.9 Å². The van der Waals surface area contributed by atoms with Crippen molar-refractivity contribution in [3.05, 3.63) is 35.9 Å². The summed E-state index contributed by atoms with van der Waals surface area (Å²) in [6.07, 6.45) is 2.09. The van der Waals surface area contributed by atoms with Crippen LogP contribution in [-0.4, -0.2) is 85.0 Å². The van der Waals surface area contributed by atoms with Crippen molar-refractivity contribution in [1.29, 1.82) is 0 Å². The molecule has 0 spiro atoms. The van der Waals surface area contributed by atoms with Crippen LogP contribution in [0.1, 0.15) is 45.1 Å². The molecule has 2 unspecified atom stereocenters. The number of aliphatic carboxylic acids is 2. The van der Waals surface area contributed by atoms with E-state index in [9.17, 15) is 24.3 Å². The molecule has 198 valence electrons. The fourth-order valence-corrected chi connectivity index (χ4v) is 2.54. The van der Waals surface area contributed by atoms with Crippen LogP contribution in [0.15, 0.2) is 35.3 Å². The second kappa shape index (κ2) is 21.1. The Morgan fingerprint density at radius 3 is 2.14 bits per heavy atom. The summed E-state index contributed by atoms with van der Waals surface area (Å²) in [5.41, 5.74) is 6.57. The van der Waals surface area contributed by atoms with Crippen molar-refractivity contribution in [2.45, 2.75) is 58.0 Å². The third-order valence-corrected chi connectivity index (χ3v) is 4.42. The second-order valence-corrected chi connectivity index (χ2v) is 7.31. The predicted molar refractivity (Wildman–Crippen MR) is 136 cm³/mol. The Morgan fingerprint density at radius 1 is 1.11 bits per heavy atom. The van der Waals surface area contributed by atoms with Crippen molar-refractivity contribution >= 4 is 30.1 Å². The van der Waals surface area contributed by atoms with Gasteiger partial charge in [-0.05, 0) is 25.5 Å². The lowest BCUT2D eigenvalue weighted by molar-refractivity contribution is -0.142. The number of nitrogens with two attached hydrogens (primary N) is 1. The maximum atomic E-state index is 12.4. The molecule has 0 saturated carbocycles. The molecule has 6 N–H and O–H groups in total. The number of likely N-dealkylation sites (N-methyl/N-ethyl adjacent to an activating group) is 1. The summed E-state index contributed by atoms with van der Waals surface area (Å²) in [5, 5.41) is 22.8. The molecule has 1 aromatic carbocycles. The number of carboxylic acid groups (broad SMARTS) is 2. The zero-order valence-electron chi connectivity index (χ0n) is 21.4. The van der Waals surface area contributed by atoms with E-state index in [1.165, 1.54) is 0 Å². The highest BCUT2D eigenvalue weighted by Crippen LogP contribution is 2.05. The largest absolute Gasteiger partial charge is 0.481 e. The van der Waals surface area contributed by atoms with Crippen molar-refractivity contribution in [3.63, 3.8) is 0 Å². The van der Waals surface area contributed by atoms with Crippen LogP contribution in [0.3, 0.4) is 0 Å². The third-order valence-electron chi connectivity index (χ3n) is 4.42. The Balaban J connectivity index is 0. The molecule has 0 aromatic heterocycles. The number of hydrogen-bond donors (Lipinski definition) is 5. The van der Waals surface area contributed by atoms with E-state index < -0.39 is 24.0 Å². The van der Waals surface area contributed by atoms with Gasteiger partial charge in [0.25, 0.3) is 0 Å². The lowest BCUT2D eigenvalue weighted by Crippen LogP contribution is -2.50. The predicted octanol–water partition coefficient (Wildman–Crippen LogP) is 1.12. The number of guanidine groups is 1. The van der Waals surface area contributed by atoms with Gasteiger partial charge < -0.3 is 36.3 Å². The van der Waals surface area contributed by atoms with Gasteiger partial charge in [0.05, 0.1) is 12.5 Å². The number of hydrogen-bond acceptors (Lipinski definition) is 6. The summed E-state index contributed by atoms with van der Waals surface area (Å²) in [4.78, 5) is 48.8.